The molecule has 0 heterocycles. The predicted octanol–water partition coefficient (Wildman–Crippen LogP) is -1.62. The molecule has 0 radical (unpaired) electrons. The summed E-state index contributed by atoms with van der Waals surface area (Å²) in [5.74, 6) is -0.572. The molecule has 1 aromatic carbocycles. The molecule has 0 aromatic heterocycles. The molecule has 122 valence electrons. The number of carbonyl (C=O) groups excluding carboxylic acids is 2. The lowest BCUT2D eigenvalue weighted by Gasteiger charge is -2.22. The van der Waals surface area contributed by atoms with Gasteiger partial charge in [0.2, 0.25) is 0 Å². The van der Waals surface area contributed by atoms with Crippen molar-refractivity contribution in [2.75, 3.05) is 7.11 Å². The Bertz CT molecular complexity index is 486. The van der Waals surface area contributed by atoms with E-state index in [-0.39, 0.29) is 12.9 Å². The summed E-state index contributed by atoms with van der Waals surface area (Å²) in [4.78, 5) is 21.8. The number of aliphatic hydroxyl groups excluding tert-OH is 4. The summed E-state index contributed by atoms with van der Waals surface area (Å²) in [5.41, 5.74) is 0.615. The largest absolute Gasteiger partial charge is 0.497 e. The summed E-state index contributed by atoms with van der Waals surface area (Å²) in [6.45, 7) is -0.168. The normalized spacial score (nSPS) is 16.2. The summed E-state index contributed by atoms with van der Waals surface area (Å²) < 4.78 is 9.74. The van der Waals surface area contributed by atoms with Gasteiger partial charge in [0.05, 0.1) is 7.11 Å². The maximum Gasteiger partial charge on any atom is 0.338 e. The minimum Gasteiger partial charge on any atom is -0.497 e. The molecule has 0 aliphatic rings. The number of hydrogen-bond acceptors (Lipinski definition) is 8. The molecule has 0 aliphatic heterocycles. The second-order valence-electron chi connectivity index (χ2n) is 4.51. The number of ether oxygens (including phenoxy) is 2. The zero-order valence-electron chi connectivity index (χ0n) is 11.8. The molecule has 1 rings (SSSR count). The van der Waals surface area contributed by atoms with Crippen molar-refractivity contribution < 1.29 is 39.5 Å². The van der Waals surface area contributed by atoms with Crippen molar-refractivity contribution in [3.8, 4) is 5.75 Å². The Hall–Kier alpha value is -2.00. The van der Waals surface area contributed by atoms with Gasteiger partial charge < -0.3 is 34.7 Å². The van der Waals surface area contributed by atoms with Crippen molar-refractivity contribution in [1.82, 2.24) is 0 Å². The molecule has 22 heavy (non-hydrogen) atoms. The number of carbonyl (C=O) groups is 2. The maximum atomic E-state index is 11.6. The predicted molar refractivity (Wildman–Crippen MR) is 72.9 cm³/mol. The van der Waals surface area contributed by atoms with E-state index in [1.54, 1.807) is 24.3 Å². The van der Waals surface area contributed by atoms with Gasteiger partial charge in [0.1, 0.15) is 30.7 Å². The second kappa shape index (κ2) is 8.44. The number of esters is 1. The average Bonchev–Trinajstić information content (AvgIpc) is 2.57. The highest BCUT2D eigenvalue weighted by Gasteiger charge is 2.35. The molecule has 0 bridgehead atoms. The summed E-state index contributed by atoms with van der Waals surface area (Å²) in [6, 6.07) is 6.58. The maximum absolute atomic E-state index is 11.6. The number of methoxy groups -OCH3 is 1. The third-order valence-corrected chi connectivity index (χ3v) is 2.94. The van der Waals surface area contributed by atoms with Gasteiger partial charge >= 0.3 is 5.97 Å². The molecule has 0 aliphatic carbocycles. The summed E-state index contributed by atoms with van der Waals surface area (Å²) in [5, 5.41) is 37.4. The number of aliphatic hydroxyl groups is 4. The molecule has 0 saturated heterocycles. The third-order valence-electron chi connectivity index (χ3n) is 2.94. The van der Waals surface area contributed by atoms with Gasteiger partial charge in [0.15, 0.2) is 12.4 Å². The molecule has 0 spiro atoms. The second-order valence-corrected chi connectivity index (χ2v) is 4.51. The standard InChI is InChI=1S/C14H18O8/c1-21-9-4-2-8(3-5-9)7-22-14(20)13(19)12(18)11(17)10(16)6-15/h2-6,10-13,16-19H,7H2,1H3/t10-,11+,12-,13-/m0/s1. The van der Waals surface area contributed by atoms with Crippen LogP contribution in [0.15, 0.2) is 24.3 Å². The van der Waals surface area contributed by atoms with Gasteiger partial charge in [-0.2, -0.15) is 0 Å². The van der Waals surface area contributed by atoms with E-state index in [1.807, 2.05) is 0 Å². The number of benzene rings is 1. The fourth-order valence-corrected chi connectivity index (χ4v) is 1.57. The summed E-state index contributed by atoms with van der Waals surface area (Å²) in [6.07, 6.45) is -8.09. The van der Waals surface area contributed by atoms with E-state index >= 15 is 0 Å². The van der Waals surface area contributed by atoms with Crippen LogP contribution in [0.3, 0.4) is 0 Å². The first-order valence-corrected chi connectivity index (χ1v) is 6.37. The lowest BCUT2D eigenvalue weighted by molar-refractivity contribution is -0.170. The first-order chi connectivity index (χ1) is 10.4. The van der Waals surface area contributed by atoms with Crippen molar-refractivity contribution in [3.05, 3.63) is 29.8 Å². The Morgan fingerprint density at radius 1 is 1.14 bits per heavy atom. The van der Waals surface area contributed by atoms with Gasteiger partial charge in [0.25, 0.3) is 0 Å². The molecule has 0 amide bonds. The smallest absolute Gasteiger partial charge is 0.338 e. The van der Waals surface area contributed by atoms with Crippen LogP contribution >= 0.6 is 0 Å². The van der Waals surface area contributed by atoms with E-state index in [0.717, 1.165) is 0 Å². The molecule has 1 aromatic rings. The highest BCUT2D eigenvalue weighted by atomic mass is 16.5. The summed E-state index contributed by atoms with van der Waals surface area (Å²) >= 11 is 0. The van der Waals surface area contributed by atoms with Crippen LogP contribution in [0, 0.1) is 0 Å². The number of aldehydes is 1. The zero-order valence-corrected chi connectivity index (χ0v) is 11.8. The van der Waals surface area contributed by atoms with Crippen molar-refractivity contribution in [2.24, 2.45) is 0 Å². The van der Waals surface area contributed by atoms with Gasteiger partial charge in [-0.15, -0.1) is 0 Å². The Morgan fingerprint density at radius 2 is 1.73 bits per heavy atom. The van der Waals surface area contributed by atoms with Crippen molar-refractivity contribution in [1.29, 1.82) is 0 Å². The van der Waals surface area contributed by atoms with Crippen LogP contribution in [0.2, 0.25) is 0 Å². The van der Waals surface area contributed by atoms with Crippen LogP contribution in [0.5, 0.6) is 5.75 Å². The molecule has 0 unspecified atom stereocenters. The van der Waals surface area contributed by atoms with Crippen LogP contribution in [0.25, 0.3) is 0 Å². The molecule has 0 fully saturated rings. The van der Waals surface area contributed by atoms with Crippen LogP contribution in [0.4, 0.5) is 0 Å². The van der Waals surface area contributed by atoms with Crippen LogP contribution < -0.4 is 4.74 Å². The highest BCUT2D eigenvalue weighted by Crippen LogP contribution is 2.13. The SMILES string of the molecule is COc1ccc(COC(=O)[C@@H](O)[C@@H](O)[C@H](O)[C@@H](O)C=O)cc1. The third kappa shape index (κ3) is 4.78. The summed E-state index contributed by atoms with van der Waals surface area (Å²) in [7, 11) is 1.51. The highest BCUT2D eigenvalue weighted by molar-refractivity contribution is 5.75. The molecular weight excluding hydrogens is 296 g/mol. The van der Waals surface area contributed by atoms with Crippen molar-refractivity contribution in [2.45, 2.75) is 31.0 Å². The lowest BCUT2D eigenvalue weighted by Crippen LogP contribution is -2.48. The van der Waals surface area contributed by atoms with Gasteiger partial charge in [0, 0.05) is 0 Å². The Balaban J connectivity index is 2.54. The molecule has 0 saturated carbocycles. The minimum atomic E-state index is -2.09. The zero-order chi connectivity index (χ0) is 16.7. The Kier molecular flexibility index (Phi) is 6.93. The molecule has 8 heteroatoms. The fourth-order valence-electron chi connectivity index (χ4n) is 1.57. The van der Waals surface area contributed by atoms with E-state index in [0.29, 0.717) is 11.3 Å². The molecular formula is C14H18O8. The van der Waals surface area contributed by atoms with Crippen LogP contribution in [0.1, 0.15) is 5.56 Å². The molecule has 8 nitrogen and oxygen atoms in total. The Labute approximate surface area is 126 Å². The van der Waals surface area contributed by atoms with Gasteiger partial charge in [-0.1, -0.05) is 12.1 Å². The van der Waals surface area contributed by atoms with Crippen LogP contribution in [-0.2, 0) is 20.9 Å². The van der Waals surface area contributed by atoms with Gasteiger partial charge in [-0.3, -0.25) is 0 Å². The molecule has 4 atom stereocenters. The van der Waals surface area contributed by atoms with Gasteiger partial charge in [-0.05, 0) is 17.7 Å². The Morgan fingerprint density at radius 3 is 2.23 bits per heavy atom. The lowest BCUT2D eigenvalue weighted by atomic mass is 10.0. The topological polar surface area (TPSA) is 134 Å². The van der Waals surface area contributed by atoms with Crippen LogP contribution in [-0.4, -0.2) is 64.2 Å². The van der Waals surface area contributed by atoms with E-state index in [4.69, 9.17) is 14.6 Å². The van der Waals surface area contributed by atoms with E-state index in [9.17, 15) is 24.9 Å². The first kappa shape index (κ1) is 18.1. The average molecular weight is 314 g/mol. The monoisotopic (exact) mass is 314 g/mol. The fraction of sp³-hybridized carbons (Fsp3) is 0.429. The number of hydrogen-bond donors (Lipinski definition) is 4. The molecule has 4 N–H and O–H groups in total. The van der Waals surface area contributed by atoms with E-state index < -0.39 is 30.4 Å². The first-order valence-electron chi connectivity index (χ1n) is 6.37. The van der Waals surface area contributed by atoms with Crippen molar-refractivity contribution in [3.63, 3.8) is 0 Å². The van der Waals surface area contributed by atoms with Gasteiger partial charge in [-0.25, -0.2) is 4.79 Å². The minimum absolute atomic E-state index is 0.0245. The van der Waals surface area contributed by atoms with Crippen molar-refractivity contribution >= 4 is 12.3 Å². The number of rotatable bonds is 8. The quantitative estimate of drug-likeness (QED) is 0.332. The van der Waals surface area contributed by atoms with E-state index in [2.05, 4.69) is 0 Å². The van der Waals surface area contributed by atoms with E-state index in [1.165, 1.54) is 7.11 Å².